The third-order valence-electron chi connectivity index (χ3n) is 3.56. The summed E-state index contributed by atoms with van der Waals surface area (Å²) in [6.07, 6.45) is 1.46. The molecule has 2 rings (SSSR count). The van der Waals surface area contributed by atoms with E-state index in [1.54, 1.807) is 26.8 Å². The van der Waals surface area contributed by atoms with Gasteiger partial charge in [-0.3, -0.25) is 0 Å². The van der Waals surface area contributed by atoms with Crippen LogP contribution in [0.5, 0.6) is 0 Å². The molecule has 23 heavy (non-hydrogen) atoms. The third-order valence-corrected chi connectivity index (χ3v) is 4.89. The molecule has 2 amide bonds. The van der Waals surface area contributed by atoms with Gasteiger partial charge in [-0.1, -0.05) is 0 Å². The first-order chi connectivity index (χ1) is 10.7. The molecular weight excluding hydrogens is 357 g/mol. The summed E-state index contributed by atoms with van der Waals surface area (Å²) in [4.78, 5) is 26.6. The fraction of sp³-hybridized carbons (Fsp3) is 0.389. The van der Waals surface area contributed by atoms with Crippen LogP contribution in [0.25, 0.3) is 0 Å². The van der Waals surface area contributed by atoms with Crippen LogP contribution in [0.3, 0.4) is 0 Å². The van der Waals surface area contributed by atoms with Crippen molar-refractivity contribution in [2.75, 3.05) is 0 Å². The summed E-state index contributed by atoms with van der Waals surface area (Å²) in [6, 6.07) is 9.02. The number of hydrogen-bond donors (Lipinski definition) is 0. The number of rotatable bonds is 2. The van der Waals surface area contributed by atoms with Gasteiger partial charge in [0, 0.05) is 0 Å². The van der Waals surface area contributed by atoms with Gasteiger partial charge in [0.15, 0.2) is 0 Å². The number of carbonyl (C=O) groups excluding carboxylic acids is 2. The average Bonchev–Trinajstić information content (AvgIpc) is 2.71. The summed E-state index contributed by atoms with van der Waals surface area (Å²) in [5, 5.41) is 0. The van der Waals surface area contributed by atoms with Crippen LogP contribution in [-0.4, -0.2) is 44.6 Å². The number of hydrogen-bond acceptors (Lipinski definition) is 3. The van der Waals surface area contributed by atoms with E-state index in [1.165, 1.54) is 4.90 Å². The second-order valence-electron chi connectivity index (χ2n) is 6.52. The molecule has 0 aromatic heterocycles. The number of amides is 2. The van der Waals surface area contributed by atoms with Crippen LogP contribution in [0.15, 0.2) is 48.7 Å². The van der Waals surface area contributed by atoms with Gasteiger partial charge in [-0.05, 0) is 0 Å². The molecule has 0 saturated carbocycles. The zero-order valence-corrected chi connectivity index (χ0v) is 15.5. The molecule has 0 spiro atoms. The standard InChI is InChI=1S/C18H21NO3Se/c1-5-9-14-12-18(23,13-10-7-6-8-11-13)15(20)19(14)16(21)22-17(2,3)4/h6-11,14,23H,1,12H2,2-4H3. The molecule has 1 aromatic carbocycles. The van der Waals surface area contributed by atoms with E-state index in [1.807, 2.05) is 30.3 Å². The van der Waals surface area contributed by atoms with Crippen molar-refractivity contribution in [1.29, 1.82) is 0 Å². The molecule has 1 fully saturated rings. The quantitative estimate of drug-likeness (QED) is 0.587. The van der Waals surface area contributed by atoms with E-state index < -0.39 is 22.0 Å². The Hall–Kier alpha value is -1.80. The Morgan fingerprint density at radius 2 is 2.04 bits per heavy atom. The number of imide groups is 1. The Morgan fingerprint density at radius 1 is 1.43 bits per heavy atom. The zero-order valence-electron chi connectivity index (χ0n) is 13.6. The Bertz CT molecular complexity index is 659. The topological polar surface area (TPSA) is 46.6 Å². The van der Waals surface area contributed by atoms with Gasteiger partial charge in [-0.15, -0.1) is 0 Å². The summed E-state index contributed by atoms with van der Waals surface area (Å²) >= 11 is 2.42. The van der Waals surface area contributed by atoms with E-state index in [0.29, 0.717) is 6.42 Å². The van der Waals surface area contributed by atoms with Crippen molar-refractivity contribution < 1.29 is 14.3 Å². The normalized spacial score (nSPS) is 24.3. The van der Waals surface area contributed by atoms with Crippen molar-refractivity contribution in [2.24, 2.45) is 0 Å². The van der Waals surface area contributed by atoms with Gasteiger partial charge in [-0.2, -0.15) is 0 Å². The van der Waals surface area contributed by atoms with Gasteiger partial charge < -0.3 is 0 Å². The van der Waals surface area contributed by atoms with Gasteiger partial charge in [-0.25, -0.2) is 0 Å². The molecule has 0 bridgehead atoms. The summed E-state index contributed by atoms with van der Waals surface area (Å²) < 4.78 is 4.56. The fourth-order valence-corrected chi connectivity index (χ4v) is 3.52. The van der Waals surface area contributed by atoms with Crippen molar-refractivity contribution in [1.82, 2.24) is 4.90 Å². The molecule has 122 valence electrons. The molecule has 4 nitrogen and oxygen atoms in total. The van der Waals surface area contributed by atoms with E-state index in [9.17, 15) is 9.59 Å². The van der Waals surface area contributed by atoms with Crippen molar-refractivity contribution in [3.63, 3.8) is 0 Å². The van der Waals surface area contributed by atoms with Crippen LogP contribution < -0.4 is 0 Å². The first kappa shape index (κ1) is 17.6. The fourth-order valence-electron chi connectivity index (χ4n) is 2.59. The molecule has 1 aromatic rings. The van der Waals surface area contributed by atoms with Crippen LogP contribution in [0, 0.1) is 0 Å². The van der Waals surface area contributed by atoms with E-state index in [4.69, 9.17) is 4.74 Å². The van der Waals surface area contributed by atoms with Crippen LogP contribution in [0.1, 0.15) is 32.8 Å². The number of carbonyl (C=O) groups is 2. The Morgan fingerprint density at radius 3 is 2.57 bits per heavy atom. The van der Waals surface area contributed by atoms with Crippen LogP contribution >= 0.6 is 0 Å². The van der Waals surface area contributed by atoms with E-state index in [0.717, 1.165) is 5.56 Å². The first-order valence-corrected chi connectivity index (χ1v) is 8.33. The maximum atomic E-state index is 13.0. The summed E-state index contributed by atoms with van der Waals surface area (Å²) in [6.45, 7) is 8.88. The summed E-state index contributed by atoms with van der Waals surface area (Å²) in [7, 11) is 0. The van der Waals surface area contributed by atoms with Gasteiger partial charge >= 0.3 is 145 Å². The van der Waals surface area contributed by atoms with Crippen molar-refractivity contribution in [3.05, 3.63) is 54.3 Å². The molecule has 1 saturated heterocycles. The minimum atomic E-state index is -0.830. The summed E-state index contributed by atoms with van der Waals surface area (Å²) in [5.41, 5.74) is 2.88. The molecular formula is C18H21NO3Se. The van der Waals surface area contributed by atoms with Gasteiger partial charge in [0.05, 0.1) is 0 Å². The van der Waals surface area contributed by atoms with Crippen molar-refractivity contribution in [2.45, 2.75) is 43.1 Å². The average molecular weight is 378 g/mol. The van der Waals surface area contributed by atoms with E-state index >= 15 is 0 Å². The molecule has 0 aliphatic carbocycles. The van der Waals surface area contributed by atoms with Crippen molar-refractivity contribution >= 4 is 28.0 Å². The Balaban J connectivity index is 2.40. The van der Waals surface area contributed by atoms with Crippen LogP contribution in [0.2, 0.25) is 0 Å². The second kappa shape index (κ2) is 6.37. The third kappa shape index (κ3) is 3.59. The number of ether oxygens (including phenoxy) is 1. The summed E-state index contributed by atoms with van der Waals surface area (Å²) in [5.74, 6) is -0.283. The first-order valence-electron chi connectivity index (χ1n) is 7.39. The predicted molar refractivity (Wildman–Crippen MR) is 90.5 cm³/mol. The number of likely N-dealkylation sites (tertiary alicyclic amines) is 1. The molecule has 1 aliphatic rings. The van der Waals surface area contributed by atoms with Crippen LogP contribution in [0.4, 0.5) is 4.79 Å². The zero-order chi connectivity index (χ0) is 17.3. The van der Waals surface area contributed by atoms with Crippen LogP contribution in [-0.2, 0) is 13.8 Å². The molecule has 1 aliphatic heterocycles. The number of nitrogens with zero attached hydrogens (tertiary/aromatic N) is 1. The number of benzene rings is 1. The van der Waals surface area contributed by atoms with Gasteiger partial charge in [0.1, 0.15) is 0 Å². The second-order valence-corrected chi connectivity index (χ2v) is 8.13. The molecule has 0 N–H and O–H groups in total. The van der Waals surface area contributed by atoms with E-state index in [2.05, 4.69) is 28.3 Å². The molecule has 5 heteroatoms. The monoisotopic (exact) mass is 379 g/mol. The maximum absolute atomic E-state index is 13.0. The predicted octanol–water partition coefficient (Wildman–Crippen LogP) is 2.66. The molecule has 2 unspecified atom stereocenters. The Kier molecular flexibility index (Phi) is 4.86. The molecule has 2 atom stereocenters. The SMILES string of the molecule is C=C=CC1CC([SeH])(c2ccccc2)C(=O)N1C(=O)OC(C)(C)C. The van der Waals surface area contributed by atoms with E-state index in [-0.39, 0.29) is 5.91 Å². The van der Waals surface area contributed by atoms with Gasteiger partial charge in [0.2, 0.25) is 0 Å². The molecule has 1 heterocycles. The van der Waals surface area contributed by atoms with Crippen molar-refractivity contribution in [3.8, 4) is 0 Å². The Labute approximate surface area is 145 Å². The minimum absolute atomic E-state index is 0.283. The van der Waals surface area contributed by atoms with Gasteiger partial charge in [0.25, 0.3) is 0 Å². The molecule has 0 radical (unpaired) electrons.